The van der Waals surface area contributed by atoms with E-state index in [1.165, 1.54) is 0 Å². The van der Waals surface area contributed by atoms with Gasteiger partial charge in [-0.2, -0.15) is 0 Å². The second-order valence-electron chi connectivity index (χ2n) is 5.70. The maximum absolute atomic E-state index is 11.7. The summed E-state index contributed by atoms with van der Waals surface area (Å²) in [7, 11) is 0. The zero-order chi connectivity index (χ0) is 16.9. The van der Waals surface area contributed by atoms with Gasteiger partial charge in [0.2, 0.25) is 6.79 Å². The molecule has 0 spiro atoms. The van der Waals surface area contributed by atoms with Crippen molar-refractivity contribution in [2.24, 2.45) is 0 Å². The number of benzene rings is 2. The van der Waals surface area contributed by atoms with Crippen molar-refractivity contribution < 1.29 is 24.1 Å². The van der Waals surface area contributed by atoms with Crippen molar-refractivity contribution in [2.45, 2.75) is 25.7 Å². The molecule has 0 aromatic heterocycles. The predicted molar refractivity (Wildman–Crippen MR) is 88.9 cm³/mol. The van der Waals surface area contributed by atoms with Crippen LogP contribution < -0.4 is 14.2 Å². The number of rotatable bonds is 7. The zero-order valence-corrected chi connectivity index (χ0v) is 13.5. The number of carboxylic acid groups (broad SMARTS) is 1. The van der Waals surface area contributed by atoms with E-state index in [1.54, 1.807) is 18.2 Å². The van der Waals surface area contributed by atoms with Crippen LogP contribution in [0.3, 0.4) is 0 Å². The summed E-state index contributed by atoms with van der Waals surface area (Å²) in [6.07, 6.45) is 1.36. The number of carboxylic acids is 1. The van der Waals surface area contributed by atoms with E-state index in [4.69, 9.17) is 14.2 Å². The van der Waals surface area contributed by atoms with Gasteiger partial charge in [-0.25, -0.2) is 0 Å². The molecule has 1 N–H and O–H groups in total. The molecule has 126 valence electrons. The van der Waals surface area contributed by atoms with Crippen LogP contribution in [0.1, 0.15) is 30.4 Å². The molecule has 5 heteroatoms. The lowest BCUT2D eigenvalue weighted by Gasteiger charge is -2.14. The number of carbonyl (C=O) groups is 1. The Hall–Kier alpha value is -2.69. The molecule has 1 aliphatic rings. The van der Waals surface area contributed by atoms with Gasteiger partial charge in [0, 0.05) is 0 Å². The molecular weight excluding hydrogens is 308 g/mol. The fraction of sp³-hybridized carbons (Fsp3) is 0.316. The molecule has 0 saturated heterocycles. The summed E-state index contributed by atoms with van der Waals surface area (Å²) in [6.45, 7) is 2.90. The average Bonchev–Trinajstić information content (AvgIpc) is 3.06. The molecular formula is C19H20O5. The van der Waals surface area contributed by atoms with Crippen LogP contribution in [0, 0.1) is 0 Å². The van der Waals surface area contributed by atoms with Gasteiger partial charge in [0.1, 0.15) is 5.75 Å². The molecule has 2 aromatic rings. The maximum Gasteiger partial charge on any atom is 0.311 e. The number of fused-ring (bicyclic) bond motifs is 1. The van der Waals surface area contributed by atoms with E-state index < -0.39 is 11.9 Å². The number of ether oxygens (including phenoxy) is 3. The van der Waals surface area contributed by atoms with Gasteiger partial charge in [0.25, 0.3) is 0 Å². The summed E-state index contributed by atoms with van der Waals surface area (Å²) in [5, 5.41) is 9.61. The van der Waals surface area contributed by atoms with Crippen molar-refractivity contribution in [1.29, 1.82) is 0 Å². The van der Waals surface area contributed by atoms with E-state index in [2.05, 4.69) is 6.92 Å². The average molecular weight is 328 g/mol. The Morgan fingerprint density at radius 3 is 2.62 bits per heavy atom. The van der Waals surface area contributed by atoms with Crippen molar-refractivity contribution in [2.75, 3.05) is 13.4 Å². The van der Waals surface area contributed by atoms with Gasteiger partial charge in [-0.1, -0.05) is 25.1 Å². The van der Waals surface area contributed by atoms with Crippen molar-refractivity contribution in [1.82, 2.24) is 0 Å². The standard InChI is InChI=1S/C19H20O5/c1-2-9-22-15-6-3-13(4-7-15)10-16(19(20)21)14-5-8-17-18(11-14)24-12-23-17/h3-8,11,16H,2,9-10,12H2,1H3,(H,20,21). The minimum atomic E-state index is -0.861. The fourth-order valence-electron chi connectivity index (χ4n) is 2.65. The normalized spacial score (nSPS) is 13.5. The molecule has 2 aromatic carbocycles. The highest BCUT2D eigenvalue weighted by Crippen LogP contribution is 2.35. The smallest absolute Gasteiger partial charge is 0.311 e. The summed E-state index contributed by atoms with van der Waals surface area (Å²) in [4.78, 5) is 11.7. The van der Waals surface area contributed by atoms with Crippen molar-refractivity contribution >= 4 is 5.97 Å². The van der Waals surface area contributed by atoms with Crippen LogP contribution in [-0.4, -0.2) is 24.5 Å². The van der Waals surface area contributed by atoms with Gasteiger partial charge in [-0.15, -0.1) is 0 Å². The van der Waals surface area contributed by atoms with E-state index in [9.17, 15) is 9.90 Å². The summed E-state index contributed by atoms with van der Waals surface area (Å²) < 4.78 is 16.2. The van der Waals surface area contributed by atoms with Crippen LogP contribution in [0.25, 0.3) is 0 Å². The van der Waals surface area contributed by atoms with Crippen LogP contribution in [0.15, 0.2) is 42.5 Å². The molecule has 0 aliphatic carbocycles. The molecule has 1 heterocycles. The number of hydrogen-bond donors (Lipinski definition) is 1. The quantitative estimate of drug-likeness (QED) is 0.841. The third-order valence-electron chi connectivity index (χ3n) is 3.93. The van der Waals surface area contributed by atoms with Crippen molar-refractivity contribution in [3.8, 4) is 17.2 Å². The molecule has 1 aliphatic heterocycles. The Morgan fingerprint density at radius 2 is 1.92 bits per heavy atom. The van der Waals surface area contributed by atoms with Crippen LogP contribution in [0.5, 0.6) is 17.2 Å². The highest BCUT2D eigenvalue weighted by Gasteiger charge is 2.23. The van der Waals surface area contributed by atoms with Crippen molar-refractivity contribution in [3.05, 3.63) is 53.6 Å². The lowest BCUT2D eigenvalue weighted by atomic mass is 9.92. The topological polar surface area (TPSA) is 65.0 Å². The van der Waals surface area contributed by atoms with E-state index in [-0.39, 0.29) is 6.79 Å². The molecule has 0 bridgehead atoms. The summed E-state index contributed by atoms with van der Waals surface area (Å²) in [5.41, 5.74) is 1.65. The maximum atomic E-state index is 11.7. The Labute approximate surface area is 140 Å². The SMILES string of the molecule is CCCOc1ccc(CC(C(=O)O)c2ccc3c(c2)OCO3)cc1. The van der Waals surface area contributed by atoms with Gasteiger partial charge in [0.05, 0.1) is 12.5 Å². The first-order valence-electron chi connectivity index (χ1n) is 8.01. The highest BCUT2D eigenvalue weighted by atomic mass is 16.7. The molecule has 3 rings (SSSR count). The van der Waals surface area contributed by atoms with Crippen molar-refractivity contribution in [3.63, 3.8) is 0 Å². The molecule has 24 heavy (non-hydrogen) atoms. The first kappa shape index (κ1) is 16.2. The Morgan fingerprint density at radius 1 is 1.17 bits per heavy atom. The fourth-order valence-corrected chi connectivity index (χ4v) is 2.65. The molecule has 5 nitrogen and oxygen atoms in total. The van der Waals surface area contributed by atoms with E-state index in [0.29, 0.717) is 30.1 Å². The Kier molecular flexibility index (Phi) is 4.89. The lowest BCUT2D eigenvalue weighted by Crippen LogP contribution is -2.14. The van der Waals surface area contributed by atoms with E-state index in [0.717, 1.165) is 17.7 Å². The highest BCUT2D eigenvalue weighted by molar-refractivity contribution is 5.77. The van der Waals surface area contributed by atoms with Gasteiger partial charge in [0.15, 0.2) is 11.5 Å². The molecule has 1 atom stereocenters. The number of hydrogen-bond acceptors (Lipinski definition) is 4. The minimum Gasteiger partial charge on any atom is -0.494 e. The van der Waals surface area contributed by atoms with Crippen LogP contribution in [0.4, 0.5) is 0 Å². The summed E-state index contributed by atoms with van der Waals surface area (Å²) in [6, 6.07) is 12.9. The molecule has 0 radical (unpaired) electrons. The van der Waals surface area contributed by atoms with Gasteiger partial charge < -0.3 is 19.3 Å². The van der Waals surface area contributed by atoms with Crippen LogP contribution in [0.2, 0.25) is 0 Å². The Bertz CT molecular complexity index is 708. The second kappa shape index (κ2) is 7.25. The van der Waals surface area contributed by atoms with E-state index >= 15 is 0 Å². The second-order valence-corrected chi connectivity index (χ2v) is 5.70. The van der Waals surface area contributed by atoms with Crippen LogP contribution >= 0.6 is 0 Å². The summed E-state index contributed by atoms with van der Waals surface area (Å²) in [5.74, 6) is 0.556. The number of aliphatic carboxylic acids is 1. The van der Waals surface area contributed by atoms with Gasteiger partial charge in [-0.3, -0.25) is 4.79 Å². The lowest BCUT2D eigenvalue weighted by molar-refractivity contribution is -0.138. The third-order valence-corrected chi connectivity index (χ3v) is 3.93. The Balaban J connectivity index is 1.75. The zero-order valence-electron chi connectivity index (χ0n) is 13.5. The van der Waals surface area contributed by atoms with Gasteiger partial charge in [-0.05, 0) is 48.2 Å². The first-order valence-corrected chi connectivity index (χ1v) is 8.01. The van der Waals surface area contributed by atoms with E-state index in [1.807, 2.05) is 24.3 Å². The third kappa shape index (κ3) is 3.62. The summed E-state index contributed by atoms with van der Waals surface area (Å²) >= 11 is 0. The molecule has 0 saturated carbocycles. The predicted octanol–water partition coefficient (Wildman–Crippen LogP) is 3.62. The van der Waals surface area contributed by atoms with Gasteiger partial charge >= 0.3 is 5.97 Å². The van der Waals surface area contributed by atoms with Crippen LogP contribution in [-0.2, 0) is 11.2 Å². The first-order chi connectivity index (χ1) is 11.7. The minimum absolute atomic E-state index is 0.176. The largest absolute Gasteiger partial charge is 0.494 e. The molecule has 0 amide bonds. The molecule has 0 fully saturated rings. The molecule has 1 unspecified atom stereocenters. The monoisotopic (exact) mass is 328 g/mol.